The van der Waals surface area contributed by atoms with Gasteiger partial charge in [-0.3, -0.25) is 4.68 Å². The van der Waals surface area contributed by atoms with Gasteiger partial charge in [-0.15, -0.1) is 5.73 Å². The zero-order chi connectivity index (χ0) is 13.9. The van der Waals surface area contributed by atoms with Crippen LogP contribution in [0, 0.1) is 0 Å². The Labute approximate surface area is 117 Å². The van der Waals surface area contributed by atoms with Crippen LogP contribution in [0.2, 0.25) is 0 Å². The Balaban J connectivity index is 2.06. The van der Waals surface area contributed by atoms with Crippen molar-refractivity contribution in [3.63, 3.8) is 0 Å². The van der Waals surface area contributed by atoms with Gasteiger partial charge in [-0.2, -0.15) is 5.10 Å². The van der Waals surface area contributed by atoms with Crippen LogP contribution in [-0.4, -0.2) is 14.8 Å². The molecule has 0 amide bonds. The van der Waals surface area contributed by atoms with E-state index in [2.05, 4.69) is 45.9 Å². The fourth-order valence-electron chi connectivity index (χ4n) is 2.09. The summed E-state index contributed by atoms with van der Waals surface area (Å²) in [6.07, 6.45) is 7.35. The highest BCUT2D eigenvalue weighted by Crippen LogP contribution is 2.25. The van der Waals surface area contributed by atoms with Gasteiger partial charge in [0.05, 0.1) is 6.20 Å². The minimum Gasteiger partial charge on any atom is -0.340 e. The molecule has 1 aromatic carbocycles. The molecule has 98 valence electrons. The van der Waals surface area contributed by atoms with E-state index in [1.807, 2.05) is 31.7 Å². The van der Waals surface area contributed by atoms with Gasteiger partial charge < -0.3 is 5.32 Å². The molecule has 0 radical (unpaired) electrons. The van der Waals surface area contributed by atoms with E-state index in [-0.39, 0.29) is 0 Å². The van der Waals surface area contributed by atoms with Crippen LogP contribution < -0.4 is 5.32 Å². The molecule has 2 aromatic heterocycles. The third-order valence-corrected chi connectivity index (χ3v) is 3.08. The van der Waals surface area contributed by atoms with E-state index in [1.54, 1.807) is 10.9 Å². The van der Waals surface area contributed by atoms with E-state index in [0.717, 1.165) is 27.7 Å². The van der Waals surface area contributed by atoms with Gasteiger partial charge in [-0.1, -0.05) is 18.7 Å². The lowest BCUT2D eigenvalue weighted by Crippen LogP contribution is -1.90. The van der Waals surface area contributed by atoms with Crippen LogP contribution in [0.1, 0.15) is 0 Å². The Bertz CT molecular complexity index is 810. The number of pyridine rings is 1. The zero-order valence-corrected chi connectivity index (χ0v) is 11.2. The zero-order valence-electron chi connectivity index (χ0n) is 11.2. The van der Waals surface area contributed by atoms with Gasteiger partial charge in [0, 0.05) is 36.6 Å². The largest absolute Gasteiger partial charge is 0.340 e. The van der Waals surface area contributed by atoms with Crippen molar-refractivity contribution < 1.29 is 0 Å². The van der Waals surface area contributed by atoms with Crippen LogP contribution in [0.5, 0.6) is 0 Å². The fourth-order valence-corrected chi connectivity index (χ4v) is 2.09. The molecule has 0 fully saturated rings. The number of hydrogen-bond donors (Lipinski definition) is 1. The molecular weight excluding hydrogens is 248 g/mol. The van der Waals surface area contributed by atoms with Gasteiger partial charge in [0.15, 0.2) is 0 Å². The molecule has 0 unspecified atom stereocenters. The standard InChI is InChI=1S/C16H14N4/c1-3-6-17-16-8-14-7-12(4-5-13(14)9-18-16)15-10-19-20(2)11-15/h4-11H,1H2,2H3,(H,17,18). The summed E-state index contributed by atoms with van der Waals surface area (Å²) in [7, 11) is 1.91. The minimum absolute atomic E-state index is 0.775. The number of fused-ring (bicyclic) bond motifs is 1. The first kappa shape index (κ1) is 12.2. The van der Waals surface area contributed by atoms with E-state index in [1.165, 1.54) is 0 Å². The van der Waals surface area contributed by atoms with Gasteiger partial charge in [-0.25, -0.2) is 4.98 Å². The summed E-state index contributed by atoms with van der Waals surface area (Å²) in [5, 5.41) is 9.46. The number of hydrogen-bond acceptors (Lipinski definition) is 3. The maximum absolute atomic E-state index is 4.32. The average Bonchev–Trinajstić information content (AvgIpc) is 2.91. The molecule has 3 aromatic rings. The van der Waals surface area contributed by atoms with Gasteiger partial charge in [-0.05, 0) is 23.1 Å². The predicted octanol–water partition coefficient (Wildman–Crippen LogP) is 3.35. The molecule has 3 rings (SSSR count). The molecule has 20 heavy (non-hydrogen) atoms. The molecule has 1 N–H and O–H groups in total. The Hall–Kier alpha value is -2.84. The number of rotatable bonds is 3. The number of benzene rings is 1. The Morgan fingerprint density at radius 2 is 2.10 bits per heavy atom. The van der Waals surface area contributed by atoms with Gasteiger partial charge >= 0.3 is 0 Å². The first-order chi connectivity index (χ1) is 9.76. The SMILES string of the molecule is C=C=CNc1cc2cc(-c3cnn(C)c3)ccc2cn1. The lowest BCUT2D eigenvalue weighted by atomic mass is 10.1. The van der Waals surface area contributed by atoms with Crippen molar-refractivity contribution in [2.75, 3.05) is 5.32 Å². The molecular formula is C16H14N4. The van der Waals surface area contributed by atoms with Crippen molar-refractivity contribution in [3.05, 3.63) is 61.4 Å². The first-order valence-electron chi connectivity index (χ1n) is 6.26. The second-order valence-corrected chi connectivity index (χ2v) is 4.53. The van der Waals surface area contributed by atoms with Crippen LogP contribution in [0.3, 0.4) is 0 Å². The highest BCUT2D eigenvalue weighted by Gasteiger charge is 2.03. The number of aryl methyl sites for hydroxylation is 1. The summed E-state index contributed by atoms with van der Waals surface area (Å²) in [6.45, 7) is 3.51. The summed E-state index contributed by atoms with van der Waals surface area (Å²) < 4.78 is 1.80. The molecule has 0 bridgehead atoms. The topological polar surface area (TPSA) is 42.7 Å². The number of nitrogens with zero attached hydrogens (tertiary/aromatic N) is 3. The highest BCUT2D eigenvalue weighted by atomic mass is 15.2. The van der Waals surface area contributed by atoms with Crippen LogP contribution in [0.25, 0.3) is 21.9 Å². The van der Waals surface area contributed by atoms with Crippen molar-refractivity contribution in [2.45, 2.75) is 0 Å². The van der Waals surface area contributed by atoms with Crippen LogP contribution in [0.4, 0.5) is 5.82 Å². The van der Waals surface area contributed by atoms with Crippen molar-refractivity contribution in [2.24, 2.45) is 7.05 Å². The molecule has 0 aliphatic rings. The maximum Gasteiger partial charge on any atom is 0.130 e. The molecule has 0 saturated carbocycles. The quantitative estimate of drug-likeness (QED) is 0.736. The van der Waals surface area contributed by atoms with Crippen molar-refractivity contribution >= 4 is 16.6 Å². The molecule has 0 aliphatic carbocycles. The molecule has 0 atom stereocenters. The summed E-state index contributed by atoms with van der Waals surface area (Å²) in [5.41, 5.74) is 4.91. The van der Waals surface area contributed by atoms with E-state index >= 15 is 0 Å². The van der Waals surface area contributed by atoms with Crippen LogP contribution in [0.15, 0.2) is 61.4 Å². The normalized spacial score (nSPS) is 10.2. The van der Waals surface area contributed by atoms with Crippen molar-refractivity contribution in [1.29, 1.82) is 0 Å². The monoisotopic (exact) mass is 262 g/mol. The third-order valence-electron chi connectivity index (χ3n) is 3.08. The fraction of sp³-hybridized carbons (Fsp3) is 0.0625. The second kappa shape index (κ2) is 5.03. The Morgan fingerprint density at radius 1 is 1.20 bits per heavy atom. The Kier molecular flexibility index (Phi) is 3.07. The second-order valence-electron chi connectivity index (χ2n) is 4.53. The van der Waals surface area contributed by atoms with Gasteiger partial charge in [0.2, 0.25) is 0 Å². The van der Waals surface area contributed by atoms with E-state index < -0.39 is 0 Å². The third kappa shape index (κ3) is 2.32. The van der Waals surface area contributed by atoms with Crippen LogP contribution >= 0.6 is 0 Å². The van der Waals surface area contributed by atoms with E-state index in [0.29, 0.717) is 0 Å². The summed E-state index contributed by atoms with van der Waals surface area (Å²) in [5.74, 6) is 0.775. The van der Waals surface area contributed by atoms with Gasteiger partial charge in [0.25, 0.3) is 0 Å². The summed E-state index contributed by atoms with van der Waals surface area (Å²) in [6, 6.07) is 8.29. The smallest absolute Gasteiger partial charge is 0.130 e. The lowest BCUT2D eigenvalue weighted by Gasteiger charge is -2.04. The molecule has 0 spiro atoms. The molecule has 0 aliphatic heterocycles. The maximum atomic E-state index is 4.32. The first-order valence-corrected chi connectivity index (χ1v) is 6.26. The highest BCUT2D eigenvalue weighted by molar-refractivity contribution is 5.88. The summed E-state index contributed by atoms with van der Waals surface area (Å²) in [4.78, 5) is 4.32. The van der Waals surface area contributed by atoms with Crippen LogP contribution in [-0.2, 0) is 7.05 Å². The minimum atomic E-state index is 0.775. The molecule has 2 heterocycles. The van der Waals surface area contributed by atoms with E-state index in [9.17, 15) is 0 Å². The number of anilines is 1. The number of nitrogens with one attached hydrogen (secondary N) is 1. The average molecular weight is 262 g/mol. The predicted molar refractivity (Wildman–Crippen MR) is 81.3 cm³/mol. The molecule has 4 nitrogen and oxygen atoms in total. The Morgan fingerprint density at radius 3 is 2.85 bits per heavy atom. The van der Waals surface area contributed by atoms with E-state index in [4.69, 9.17) is 0 Å². The number of aromatic nitrogens is 3. The molecule has 4 heteroatoms. The van der Waals surface area contributed by atoms with Crippen molar-refractivity contribution in [3.8, 4) is 11.1 Å². The lowest BCUT2D eigenvalue weighted by molar-refractivity contribution is 0.768. The van der Waals surface area contributed by atoms with Gasteiger partial charge in [0.1, 0.15) is 5.82 Å². The van der Waals surface area contributed by atoms with Crippen molar-refractivity contribution in [1.82, 2.24) is 14.8 Å². The summed E-state index contributed by atoms with van der Waals surface area (Å²) >= 11 is 0. The molecule has 0 saturated heterocycles.